The Balaban J connectivity index is 1.87. The van der Waals surface area contributed by atoms with Gasteiger partial charge >= 0.3 is 0 Å². The van der Waals surface area contributed by atoms with Gasteiger partial charge in [0.05, 0.1) is 5.56 Å². The molecule has 3 nitrogen and oxygen atoms in total. The second-order valence-corrected chi connectivity index (χ2v) is 5.29. The molecule has 0 saturated carbocycles. The molecule has 18 heavy (non-hydrogen) atoms. The Kier molecular flexibility index (Phi) is 4.72. The van der Waals surface area contributed by atoms with Gasteiger partial charge in [0.1, 0.15) is 5.82 Å². The first-order chi connectivity index (χ1) is 8.68. The van der Waals surface area contributed by atoms with Crippen molar-refractivity contribution in [2.75, 3.05) is 13.1 Å². The fourth-order valence-electron chi connectivity index (χ4n) is 2.17. The highest BCUT2D eigenvalue weighted by Gasteiger charge is 2.17. The summed E-state index contributed by atoms with van der Waals surface area (Å²) in [5.74, 6) is -0.862. The van der Waals surface area contributed by atoms with Crippen LogP contribution in [0, 0.1) is 5.82 Å². The predicted octanol–water partition coefficient (Wildman–Crippen LogP) is 2.46. The summed E-state index contributed by atoms with van der Waals surface area (Å²) in [5.41, 5.74) is 0.0804. The molecule has 1 fully saturated rings. The van der Waals surface area contributed by atoms with Crippen molar-refractivity contribution < 1.29 is 9.18 Å². The standard InChI is InChI=1S/C13H16BrFN2O/c14-10-4-1-5-11(15)12(10)13(18)17-8-6-9-3-2-7-16-9/h1,4-5,9,16H,2-3,6-8H2,(H,17,18)/t9-/m1/s1. The molecule has 0 bridgehead atoms. The van der Waals surface area contributed by atoms with E-state index in [0.29, 0.717) is 17.1 Å². The van der Waals surface area contributed by atoms with Crippen molar-refractivity contribution in [2.24, 2.45) is 0 Å². The number of hydrogen-bond acceptors (Lipinski definition) is 2. The molecule has 0 radical (unpaired) electrons. The summed E-state index contributed by atoms with van der Waals surface area (Å²) in [5, 5.41) is 6.12. The van der Waals surface area contributed by atoms with Crippen LogP contribution in [0.15, 0.2) is 22.7 Å². The normalized spacial score (nSPS) is 18.9. The van der Waals surface area contributed by atoms with Gasteiger partial charge < -0.3 is 10.6 Å². The predicted molar refractivity (Wildman–Crippen MR) is 72.1 cm³/mol. The Morgan fingerprint density at radius 3 is 3.06 bits per heavy atom. The molecular weight excluding hydrogens is 299 g/mol. The first kappa shape index (κ1) is 13.5. The lowest BCUT2D eigenvalue weighted by molar-refractivity contribution is 0.0947. The summed E-state index contributed by atoms with van der Waals surface area (Å²) in [6.07, 6.45) is 3.23. The third-order valence-electron chi connectivity index (χ3n) is 3.13. The van der Waals surface area contributed by atoms with Crippen molar-refractivity contribution in [2.45, 2.75) is 25.3 Å². The molecule has 1 aromatic rings. The molecule has 1 atom stereocenters. The zero-order valence-corrected chi connectivity index (χ0v) is 11.6. The SMILES string of the molecule is O=C(NCC[C@H]1CCCN1)c1c(F)cccc1Br. The van der Waals surface area contributed by atoms with Gasteiger partial charge in [-0.3, -0.25) is 4.79 Å². The Morgan fingerprint density at radius 1 is 1.56 bits per heavy atom. The van der Waals surface area contributed by atoms with Gasteiger partial charge in [-0.05, 0) is 53.9 Å². The van der Waals surface area contributed by atoms with E-state index in [1.165, 1.54) is 12.5 Å². The second kappa shape index (κ2) is 6.29. The maximum atomic E-state index is 13.5. The van der Waals surface area contributed by atoms with Gasteiger partial charge in [-0.15, -0.1) is 0 Å². The topological polar surface area (TPSA) is 41.1 Å². The van der Waals surface area contributed by atoms with Crippen LogP contribution in [0.2, 0.25) is 0 Å². The molecule has 0 spiro atoms. The molecule has 0 unspecified atom stereocenters. The quantitative estimate of drug-likeness (QED) is 0.896. The van der Waals surface area contributed by atoms with Crippen LogP contribution in [-0.4, -0.2) is 25.0 Å². The third kappa shape index (κ3) is 3.29. The molecule has 1 heterocycles. The van der Waals surface area contributed by atoms with E-state index in [1.54, 1.807) is 12.1 Å². The van der Waals surface area contributed by atoms with E-state index >= 15 is 0 Å². The van der Waals surface area contributed by atoms with Crippen LogP contribution in [0.1, 0.15) is 29.6 Å². The molecule has 2 N–H and O–H groups in total. The van der Waals surface area contributed by atoms with Gasteiger partial charge in [-0.1, -0.05) is 6.07 Å². The summed E-state index contributed by atoms with van der Waals surface area (Å²) in [6.45, 7) is 1.62. The van der Waals surface area contributed by atoms with Crippen molar-refractivity contribution in [3.05, 3.63) is 34.1 Å². The molecule has 2 rings (SSSR count). The van der Waals surface area contributed by atoms with Crippen molar-refractivity contribution >= 4 is 21.8 Å². The fourth-order valence-corrected chi connectivity index (χ4v) is 2.69. The van der Waals surface area contributed by atoms with E-state index in [9.17, 15) is 9.18 Å². The van der Waals surface area contributed by atoms with Crippen molar-refractivity contribution in [1.82, 2.24) is 10.6 Å². The van der Waals surface area contributed by atoms with Gasteiger partial charge in [0.15, 0.2) is 0 Å². The molecule has 5 heteroatoms. The van der Waals surface area contributed by atoms with E-state index in [0.717, 1.165) is 19.4 Å². The van der Waals surface area contributed by atoms with E-state index in [1.807, 2.05) is 0 Å². The minimum absolute atomic E-state index is 0.0804. The number of hydrogen-bond donors (Lipinski definition) is 2. The van der Waals surface area contributed by atoms with Crippen LogP contribution in [0.5, 0.6) is 0 Å². The number of nitrogens with one attached hydrogen (secondary N) is 2. The number of carbonyl (C=O) groups is 1. The fraction of sp³-hybridized carbons (Fsp3) is 0.462. The smallest absolute Gasteiger partial charge is 0.255 e. The Morgan fingerprint density at radius 2 is 2.39 bits per heavy atom. The number of rotatable bonds is 4. The minimum atomic E-state index is -0.499. The Labute approximate surface area is 114 Å². The van der Waals surface area contributed by atoms with E-state index in [4.69, 9.17) is 0 Å². The maximum Gasteiger partial charge on any atom is 0.255 e. The molecule has 1 aliphatic rings. The molecule has 1 aromatic carbocycles. The second-order valence-electron chi connectivity index (χ2n) is 4.43. The number of halogens is 2. The lowest BCUT2D eigenvalue weighted by atomic mass is 10.1. The lowest BCUT2D eigenvalue weighted by Crippen LogP contribution is -2.31. The van der Waals surface area contributed by atoms with Crippen LogP contribution >= 0.6 is 15.9 Å². The first-order valence-electron chi connectivity index (χ1n) is 6.14. The van der Waals surface area contributed by atoms with Crippen LogP contribution in [0.4, 0.5) is 4.39 Å². The summed E-state index contributed by atoms with van der Waals surface area (Å²) < 4.78 is 14.0. The Hall–Kier alpha value is -0.940. The molecule has 1 saturated heterocycles. The van der Waals surface area contributed by atoms with E-state index in [2.05, 4.69) is 26.6 Å². The monoisotopic (exact) mass is 314 g/mol. The zero-order chi connectivity index (χ0) is 13.0. The van der Waals surface area contributed by atoms with Crippen LogP contribution in [-0.2, 0) is 0 Å². The maximum absolute atomic E-state index is 13.5. The average molecular weight is 315 g/mol. The summed E-state index contributed by atoms with van der Waals surface area (Å²) in [4.78, 5) is 11.9. The third-order valence-corrected chi connectivity index (χ3v) is 3.79. The molecule has 0 aromatic heterocycles. The van der Waals surface area contributed by atoms with E-state index < -0.39 is 5.82 Å². The molecule has 1 aliphatic heterocycles. The zero-order valence-electron chi connectivity index (χ0n) is 10.0. The highest BCUT2D eigenvalue weighted by Crippen LogP contribution is 2.19. The van der Waals surface area contributed by atoms with Gasteiger partial charge in [0.25, 0.3) is 5.91 Å². The van der Waals surface area contributed by atoms with Gasteiger partial charge in [0, 0.05) is 17.1 Å². The van der Waals surface area contributed by atoms with Crippen molar-refractivity contribution in [1.29, 1.82) is 0 Å². The highest BCUT2D eigenvalue weighted by atomic mass is 79.9. The summed E-state index contributed by atoms with van der Waals surface area (Å²) >= 11 is 3.19. The summed E-state index contributed by atoms with van der Waals surface area (Å²) in [6, 6.07) is 5.00. The Bertz CT molecular complexity index is 413. The van der Waals surface area contributed by atoms with Crippen LogP contribution in [0.3, 0.4) is 0 Å². The molecule has 0 aliphatic carbocycles. The molecular formula is C13H16BrFN2O. The van der Waals surface area contributed by atoms with Gasteiger partial charge in [-0.2, -0.15) is 0 Å². The summed E-state index contributed by atoms with van der Waals surface area (Å²) in [7, 11) is 0. The van der Waals surface area contributed by atoms with Crippen LogP contribution in [0.25, 0.3) is 0 Å². The number of carbonyl (C=O) groups excluding carboxylic acids is 1. The van der Waals surface area contributed by atoms with Gasteiger partial charge in [-0.25, -0.2) is 4.39 Å². The van der Waals surface area contributed by atoms with Crippen molar-refractivity contribution in [3.8, 4) is 0 Å². The number of amides is 1. The van der Waals surface area contributed by atoms with E-state index in [-0.39, 0.29) is 11.5 Å². The number of benzene rings is 1. The largest absolute Gasteiger partial charge is 0.352 e. The first-order valence-corrected chi connectivity index (χ1v) is 6.93. The average Bonchev–Trinajstić information content (AvgIpc) is 2.82. The van der Waals surface area contributed by atoms with Crippen LogP contribution < -0.4 is 10.6 Å². The molecule has 1 amide bonds. The minimum Gasteiger partial charge on any atom is -0.352 e. The molecule has 98 valence electrons. The van der Waals surface area contributed by atoms with Gasteiger partial charge in [0.2, 0.25) is 0 Å². The lowest BCUT2D eigenvalue weighted by Gasteiger charge is -2.11. The highest BCUT2D eigenvalue weighted by molar-refractivity contribution is 9.10. The van der Waals surface area contributed by atoms with Crippen molar-refractivity contribution in [3.63, 3.8) is 0 Å².